The Hall–Kier alpha value is -3.08. The number of carbonyl (C=O) groups is 1. The first-order chi connectivity index (χ1) is 17.4. The number of rotatable bonds is 6. The van der Waals surface area contributed by atoms with Crippen LogP contribution < -0.4 is 10.6 Å². The zero-order valence-corrected chi connectivity index (χ0v) is 21.7. The molecule has 2 aliphatic rings. The number of carbonyl (C=O) groups excluding carboxylic acids is 1. The van der Waals surface area contributed by atoms with Gasteiger partial charge in [0, 0.05) is 38.9 Å². The number of hydrogen-bond acceptors (Lipinski definition) is 9. The molecule has 0 unspecified atom stereocenters. The second kappa shape index (κ2) is 10.5. The fourth-order valence-corrected chi connectivity index (χ4v) is 6.27. The molecule has 3 aromatic rings. The number of hydrogen-bond donors (Lipinski definition) is 1. The van der Waals surface area contributed by atoms with E-state index in [-0.39, 0.29) is 24.2 Å². The molecule has 36 heavy (non-hydrogen) atoms. The average Bonchev–Trinajstić information content (AvgIpc) is 3.26. The Morgan fingerprint density at radius 2 is 2.08 bits per heavy atom. The molecule has 2 N–H and O–H groups in total. The van der Waals surface area contributed by atoms with Gasteiger partial charge in [-0.25, -0.2) is 15.0 Å². The molecule has 0 radical (unpaired) electrons. The summed E-state index contributed by atoms with van der Waals surface area (Å²) < 4.78 is 5.91. The molecular weight excluding hydrogens is 474 g/mol. The van der Waals surface area contributed by atoms with Crippen molar-refractivity contribution in [1.82, 2.24) is 24.8 Å². The van der Waals surface area contributed by atoms with Crippen molar-refractivity contribution in [3.8, 4) is 0 Å². The number of thiazole rings is 1. The summed E-state index contributed by atoms with van der Waals surface area (Å²) in [5, 5.41) is 0.805. The molecule has 1 amide bonds. The molecule has 190 valence electrons. The Morgan fingerprint density at radius 3 is 2.83 bits per heavy atom. The molecule has 2 fully saturated rings. The zero-order chi connectivity index (χ0) is 25.2. The van der Waals surface area contributed by atoms with E-state index in [2.05, 4.69) is 41.3 Å². The van der Waals surface area contributed by atoms with Crippen LogP contribution in [-0.2, 0) is 16.1 Å². The van der Waals surface area contributed by atoms with E-state index in [1.54, 1.807) is 6.20 Å². The van der Waals surface area contributed by atoms with E-state index >= 15 is 0 Å². The molecule has 5 rings (SSSR count). The normalized spacial score (nSPS) is 23.1. The van der Waals surface area contributed by atoms with Gasteiger partial charge in [0.2, 0.25) is 5.91 Å². The van der Waals surface area contributed by atoms with E-state index in [1.807, 2.05) is 23.1 Å². The van der Waals surface area contributed by atoms with Crippen molar-refractivity contribution in [2.24, 2.45) is 0 Å². The number of nitrogens with zero attached hydrogens (tertiary/aromatic N) is 6. The predicted molar refractivity (Wildman–Crippen MR) is 143 cm³/mol. The number of nitrogens with two attached hydrogens (primary N) is 1. The van der Waals surface area contributed by atoms with E-state index in [0.717, 1.165) is 65.9 Å². The highest BCUT2D eigenvalue weighted by Crippen LogP contribution is 2.36. The number of aromatic nitrogens is 3. The van der Waals surface area contributed by atoms with Crippen molar-refractivity contribution in [2.75, 3.05) is 36.8 Å². The van der Waals surface area contributed by atoms with Crippen LogP contribution in [0.4, 0.5) is 16.8 Å². The first-order valence-electron chi connectivity index (χ1n) is 12.5. The molecule has 2 saturated heterocycles. The maximum atomic E-state index is 12.4. The lowest BCUT2D eigenvalue weighted by Crippen LogP contribution is -2.48. The number of pyridine rings is 2. The van der Waals surface area contributed by atoms with Crippen LogP contribution in [0.1, 0.15) is 32.3 Å². The second-order valence-corrected chi connectivity index (χ2v) is 10.6. The number of fused-ring (bicyclic) bond motifs is 1. The van der Waals surface area contributed by atoms with E-state index in [1.165, 1.54) is 17.4 Å². The van der Waals surface area contributed by atoms with E-state index in [9.17, 15) is 4.79 Å². The molecule has 0 saturated carbocycles. The number of likely N-dealkylation sites (tertiary alicyclic amines) is 1. The van der Waals surface area contributed by atoms with Crippen LogP contribution in [0.5, 0.6) is 0 Å². The minimum atomic E-state index is -0.0533. The third-order valence-corrected chi connectivity index (χ3v) is 7.63. The van der Waals surface area contributed by atoms with Crippen LogP contribution in [0.2, 0.25) is 0 Å². The van der Waals surface area contributed by atoms with Gasteiger partial charge in [0.15, 0.2) is 5.13 Å². The molecule has 2 aliphatic heterocycles. The van der Waals surface area contributed by atoms with Gasteiger partial charge >= 0.3 is 0 Å². The van der Waals surface area contributed by atoms with Gasteiger partial charge in [-0.15, -0.1) is 0 Å². The Bertz CT molecular complexity index is 1210. The van der Waals surface area contributed by atoms with Gasteiger partial charge in [0.25, 0.3) is 0 Å². The van der Waals surface area contributed by atoms with Crippen LogP contribution in [0.15, 0.2) is 43.1 Å². The summed E-state index contributed by atoms with van der Waals surface area (Å²) in [6, 6.07) is 7.92. The largest absolute Gasteiger partial charge is 0.384 e. The summed E-state index contributed by atoms with van der Waals surface area (Å²) in [6.07, 6.45) is 5.35. The minimum Gasteiger partial charge on any atom is -0.384 e. The number of morpholine rings is 1. The highest BCUT2D eigenvalue weighted by Gasteiger charge is 2.31. The highest BCUT2D eigenvalue weighted by molar-refractivity contribution is 7.21. The summed E-state index contributed by atoms with van der Waals surface area (Å²) >= 11 is 1.53. The van der Waals surface area contributed by atoms with Crippen LogP contribution in [0, 0.1) is 0 Å². The van der Waals surface area contributed by atoms with Gasteiger partial charge in [-0.3, -0.25) is 14.6 Å². The summed E-state index contributed by atoms with van der Waals surface area (Å²) in [5.74, 6) is 1.16. The Morgan fingerprint density at radius 1 is 1.28 bits per heavy atom. The van der Waals surface area contributed by atoms with E-state index < -0.39 is 0 Å². The molecule has 0 aliphatic carbocycles. The summed E-state index contributed by atoms with van der Waals surface area (Å²) in [7, 11) is 0. The third kappa shape index (κ3) is 5.35. The van der Waals surface area contributed by atoms with Gasteiger partial charge in [0.05, 0.1) is 18.2 Å². The summed E-state index contributed by atoms with van der Waals surface area (Å²) in [4.78, 5) is 33.9. The number of anilines is 3. The van der Waals surface area contributed by atoms with Gasteiger partial charge in [0.1, 0.15) is 22.0 Å². The highest BCUT2D eigenvalue weighted by atomic mass is 32.1. The quantitative estimate of drug-likeness (QED) is 0.505. The van der Waals surface area contributed by atoms with Gasteiger partial charge < -0.3 is 15.4 Å². The first-order valence-corrected chi connectivity index (χ1v) is 13.3. The summed E-state index contributed by atoms with van der Waals surface area (Å²) in [5.41, 5.74) is 8.29. The maximum absolute atomic E-state index is 12.4. The van der Waals surface area contributed by atoms with Crippen molar-refractivity contribution in [3.63, 3.8) is 0 Å². The monoisotopic (exact) mass is 507 g/mol. The van der Waals surface area contributed by atoms with E-state index in [4.69, 9.17) is 20.4 Å². The number of nitrogen functional groups attached to an aromatic ring is 1. The van der Waals surface area contributed by atoms with E-state index in [0.29, 0.717) is 12.4 Å². The topological polar surface area (TPSA) is 101 Å². The molecule has 9 nitrogen and oxygen atoms in total. The van der Waals surface area contributed by atoms with Gasteiger partial charge in [-0.2, -0.15) is 0 Å². The van der Waals surface area contributed by atoms with Crippen molar-refractivity contribution in [1.29, 1.82) is 0 Å². The Balaban J connectivity index is 1.51. The number of ether oxygens (including phenoxy) is 1. The fourth-order valence-electron chi connectivity index (χ4n) is 5.28. The van der Waals surface area contributed by atoms with Crippen molar-refractivity contribution in [2.45, 2.75) is 51.5 Å². The van der Waals surface area contributed by atoms with Crippen molar-refractivity contribution >= 4 is 44.4 Å². The standard InChI is InChI=1S/C26H33N7O2S/c1-4-24(34)32-10-6-7-20(16-32)33(26-29-21-8-5-9-28-25(21)36-26)23-12-19(11-22(27)30-23)15-31-13-17(2)35-18(3)14-31/h4-5,8-9,11-12,17-18,20H,1,6-7,10,13-16H2,2-3H3,(H2,27,30)/t17-,18+,20-/m1/s1. The smallest absolute Gasteiger partial charge is 0.246 e. The molecular formula is C26H33N7O2S. The zero-order valence-electron chi connectivity index (χ0n) is 20.8. The fraction of sp³-hybridized carbons (Fsp3) is 0.462. The lowest BCUT2D eigenvalue weighted by atomic mass is 10.0. The Kier molecular flexibility index (Phi) is 7.17. The molecule has 0 aromatic carbocycles. The Labute approximate surface area is 215 Å². The van der Waals surface area contributed by atoms with Crippen LogP contribution >= 0.6 is 11.3 Å². The lowest BCUT2D eigenvalue weighted by molar-refractivity contribution is -0.127. The van der Waals surface area contributed by atoms with Crippen LogP contribution in [-0.4, -0.2) is 75.1 Å². The average molecular weight is 508 g/mol. The van der Waals surface area contributed by atoms with Gasteiger partial charge in [-0.1, -0.05) is 17.9 Å². The molecule has 3 atom stereocenters. The predicted octanol–water partition coefficient (Wildman–Crippen LogP) is 3.59. The molecule has 5 heterocycles. The van der Waals surface area contributed by atoms with Crippen LogP contribution in [0.25, 0.3) is 10.3 Å². The third-order valence-electron chi connectivity index (χ3n) is 6.65. The minimum absolute atomic E-state index is 0.00814. The first kappa shape index (κ1) is 24.6. The summed E-state index contributed by atoms with van der Waals surface area (Å²) in [6.45, 7) is 11.7. The second-order valence-electron chi connectivity index (χ2n) is 9.69. The maximum Gasteiger partial charge on any atom is 0.246 e. The molecule has 0 spiro atoms. The SMILES string of the molecule is C=CC(=O)N1CCC[C@@H](N(c2cc(CN3C[C@@H](C)O[C@@H](C)C3)cc(N)n2)c2nc3cccnc3s2)C1. The number of amides is 1. The van der Waals surface area contributed by atoms with Gasteiger partial charge in [-0.05, 0) is 62.6 Å². The lowest BCUT2D eigenvalue weighted by Gasteiger charge is -2.39. The van der Waals surface area contributed by atoms with Crippen molar-refractivity contribution < 1.29 is 9.53 Å². The molecule has 3 aromatic heterocycles. The van der Waals surface area contributed by atoms with Crippen molar-refractivity contribution in [3.05, 3.63) is 48.7 Å². The molecule has 10 heteroatoms. The van der Waals surface area contributed by atoms with Crippen LogP contribution in [0.3, 0.4) is 0 Å². The number of piperidine rings is 1. The molecule has 0 bridgehead atoms.